The molecule has 0 radical (unpaired) electrons. The van der Waals surface area contributed by atoms with Gasteiger partial charge in [-0.15, -0.1) is 0 Å². The summed E-state index contributed by atoms with van der Waals surface area (Å²) >= 11 is 0. The molecule has 2 aliphatic heterocycles. The molecule has 1 aliphatic carbocycles. The van der Waals surface area contributed by atoms with E-state index in [0.717, 1.165) is 19.3 Å². The first kappa shape index (κ1) is 16.1. The maximum absolute atomic E-state index is 9.98. The van der Waals surface area contributed by atoms with Crippen molar-refractivity contribution in [3.05, 3.63) is 24.3 Å². The highest BCUT2D eigenvalue weighted by Crippen LogP contribution is 2.42. The average Bonchev–Trinajstić information content (AvgIpc) is 2.81. The number of rotatable bonds is 2. The van der Waals surface area contributed by atoms with E-state index in [1.54, 1.807) is 26.4 Å². The first-order valence-corrected chi connectivity index (χ1v) is 7.74. The van der Waals surface area contributed by atoms with E-state index in [9.17, 15) is 5.11 Å². The molecule has 0 amide bonds. The second-order valence-electron chi connectivity index (χ2n) is 5.88. The predicted octanol–water partition coefficient (Wildman–Crippen LogP) is 1.49. The molecular weight excluding hydrogens is 288 g/mol. The van der Waals surface area contributed by atoms with E-state index in [1.807, 2.05) is 12.2 Å². The molecule has 2 heterocycles. The molecule has 3 rings (SSSR count). The summed E-state index contributed by atoms with van der Waals surface area (Å²) in [5, 5.41) is 9.98. The Morgan fingerprint density at radius 2 is 1.55 bits per heavy atom. The summed E-state index contributed by atoms with van der Waals surface area (Å²) in [6.45, 7) is 0.821. The molecule has 1 unspecified atom stereocenters. The van der Waals surface area contributed by atoms with Gasteiger partial charge in [-0.1, -0.05) is 0 Å². The SMILES string of the molecule is CO[C@@]12C=CC3(C=C[C@@]1(OC)OCCO2)CCCCC(O)O3. The van der Waals surface area contributed by atoms with Gasteiger partial charge in [0.2, 0.25) is 11.6 Å². The van der Waals surface area contributed by atoms with Crippen molar-refractivity contribution in [2.24, 2.45) is 0 Å². The Morgan fingerprint density at radius 1 is 0.955 bits per heavy atom. The van der Waals surface area contributed by atoms with Crippen LogP contribution >= 0.6 is 0 Å². The maximum atomic E-state index is 9.98. The zero-order valence-corrected chi connectivity index (χ0v) is 13.1. The molecule has 22 heavy (non-hydrogen) atoms. The average molecular weight is 312 g/mol. The number of aliphatic hydroxyl groups is 1. The third-order valence-corrected chi connectivity index (χ3v) is 4.60. The zero-order valence-electron chi connectivity index (χ0n) is 13.1. The lowest BCUT2D eigenvalue weighted by Crippen LogP contribution is -2.61. The van der Waals surface area contributed by atoms with Gasteiger partial charge >= 0.3 is 0 Å². The van der Waals surface area contributed by atoms with Crippen LogP contribution in [0.3, 0.4) is 0 Å². The van der Waals surface area contributed by atoms with E-state index in [2.05, 4.69) is 0 Å². The minimum absolute atomic E-state index is 0.410. The molecule has 0 saturated carbocycles. The van der Waals surface area contributed by atoms with Gasteiger partial charge in [0.1, 0.15) is 5.60 Å². The van der Waals surface area contributed by atoms with Crippen molar-refractivity contribution in [3.63, 3.8) is 0 Å². The zero-order chi connectivity index (χ0) is 15.7. The van der Waals surface area contributed by atoms with Gasteiger partial charge in [-0.05, 0) is 50.0 Å². The first-order chi connectivity index (χ1) is 10.6. The number of ether oxygens (including phenoxy) is 5. The Morgan fingerprint density at radius 3 is 2.09 bits per heavy atom. The Kier molecular flexibility index (Phi) is 4.42. The van der Waals surface area contributed by atoms with Crippen LogP contribution in [0.25, 0.3) is 0 Å². The molecule has 0 bridgehead atoms. The predicted molar refractivity (Wildman–Crippen MR) is 78.0 cm³/mol. The molecule has 124 valence electrons. The van der Waals surface area contributed by atoms with Gasteiger partial charge in [-0.25, -0.2) is 0 Å². The molecule has 0 aromatic heterocycles. The fourth-order valence-electron chi connectivity index (χ4n) is 3.35. The molecule has 2 fully saturated rings. The molecule has 6 heteroatoms. The highest BCUT2D eigenvalue weighted by atomic mass is 16.8. The van der Waals surface area contributed by atoms with Crippen LogP contribution in [0.1, 0.15) is 25.7 Å². The molecule has 0 aromatic carbocycles. The van der Waals surface area contributed by atoms with Crippen LogP contribution in [0.4, 0.5) is 0 Å². The topological polar surface area (TPSA) is 66.4 Å². The standard InChI is InChI=1S/C16H24O6/c1-18-15-9-7-14(6-4-3-5-13(17)22-14)8-10-16(15,19-2)21-12-11-20-15/h7-10,13,17H,3-6,11-12H2,1-2H3/t13?,15-,16-/m1/s1. The van der Waals surface area contributed by atoms with Crippen LogP contribution < -0.4 is 0 Å². The van der Waals surface area contributed by atoms with Gasteiger partial charge in [-0.3, -0.25) is 0 Å². The van der Waals surface area contributed by atoms with E-state index < -0.39 is 23.5 Å². The minimum Gasteiger partial charge on any atom is -0.368 e. The van der Waals surface area contributed by atoms with Crippen LogP contribution in [0, 0.1) is 0 Å². The Bertz CT molecular complexity index is 432. The van der Waals surface area contributed by atoms with Crippen LogP contribution in [-0.4, -0.2) is 56.0 Å². The maximum Gasteiger partial charge on any atom is 0.248 e. The largest absolute Gasteiger partial charge is 0.368 e. The van der Waals surface area contributed by atoms with Gasteiger partial charge in [-0.2, -0.15) is 0 Å². The molecule has 2 saturated heterocycles. The van der Waals surface area contributed by atoms with Crippen molar-refractivity contribution in [1.82, 2.24) is 0 Å². The number of methoxy groups -OCH3 is 2. The number of hydrogen-bond donors (Lipinski definition) is 1. The van der Waals surface area contributed by atoms with E-state index in [0.29, 0.717) is 19.6 Å². The summed E-state index contributed by atoms with van der Waals surface area (Å²) in [4.78, 5) is 0. The van der Waals surface area contributed by atoms with Gasteiger partial charge in [0.05, 0.1) is 13.2 Å². The first-order valence-electron chi connectivity index (χ1n) is 7.74. The fourth-order valence-corrected chi connectivity index (χ4v) is 3.35. The van der Waals surface area contributed by atoms with E-state index in [4.69, 9.17) is 23.7 Å². The lowest BCUT2D eigenvalue weighted by Gasteiger charge is -2.46. The summed E-state index contributed by atoms with van der Waals surface area (Å²) in [6, 6.07) is 0. The quantitative estimate of drug-likeness (QED) is 0.779. The molecule has 3 atom stereocenters. The molecule has 1 spiro atoms. The smallest absolute Gasteiger partial charge is 0.248 e. The van der Waals surface area contributed by atoms with Crippen LogP contribution in [-0.2, 0) is 23.7 Å². The summed E-state index contributed by atoms with van der Waals surface area (Å²) < 4.78 is 28.8. The van der Waals surface area contributed by atoms with Crippen molar-refractivity contribution in [3.8, 4) is 0 Å². The molecular formula is C16H24O6. The second-order valence-corrected chi connectivity index (χ2v) is 5.88. The fraction of sp³-hybridized carbons (Fsp3) is 0.750. The van der Waals surface area contributed by atoms with Crippen molar-refractivity contribution in [2.45, 2.75) is 49.1 Å². The minimum atomic E-state index is -1.17. The Labute approximate surface area is 130 Å². The molecule has 0 aromatic rings. The highest BCUT2D eigenvalue weighted by Gasteiger charge is 2.57. The number of hydrogen-bond acceptors (Lipinski definition) is 6. The summed E-state index contributed by atoms with van der Waals surface area (Å²) in [5.41, 5.74) is -0.697. The summed E-state index contributed by atoms with van der Waals surface area (Å²) in [6.07, 6.45) is 9.87. The third-order valence-electron chi connectivity index (χ3n) is 4.60. The van der Waals surface area contributed by atoms with Crippen LogP contribution in [0.5, 0.6) is 0 Å². The van der Waals surface area contributed by atoms with E-state index in [-0.39, 0.29) is 0 Å². The van der Waals surface area contributed by atoms with Gasteiger partial charge in [0.25, 0.3) is 0 Å². The second kappa shape index (κ2) is 6.03. The molecule has 1 N–H and O–H groups in total. The molecule has 3 aliphatic rings. The lowest BCUT2D eigenvalue weighted by atomic mass is 9.96. The normalized spacial score (nSPS) is 41.0. The lowest BCUT2D eigenvalue weighted by molar-refractivity contribution is -0.389. The Hall–Kier alpha value is -0.760. The third kappa shape index (κ3) is 2.54. The number of aliphatic hydroxyl groups excluding tert-OH is 1. The number of fused-ring (bicyclic) bond motifs is 1. The summed E-state index contributed by atoms with van der Waals surface area (Å²) in [7, 11) is 3.11. The van der Waals surface area contributed by atoms with Gasteiger partial charge in [0.15, 0.2) is 6.29 Å². The van der Waals surface area contributed by atoms with Gasteiger partial charge in [0, 0.05) is 14.2 Å². The van der Waals surface area contributed by atoms with Gasteiger partial charge < -0.3 is 28.8 Å². The van der Waals surface area contributed by atoms with E-state index in [1.165, 1.54) is 0 Å². The van der Waals surface area contributed by atoms with Crippen molar-refractivity contribution in [1.29, 1.82) is 0 Å². The monoisotopic (exact) mass is 312 g/mol. The molecule has 6 nitrogen and oxygen atoms in total. The summed E-state index contributed by atoms with van der Waals surface area (Å²) in [5.74, 6) is -2.33. The Balaban J connectivity index is 2.02. The van der Waals surface area contributed by atoms with Crippen LogP contribution in [0.15, 0.2) is 24.3 Å². The van der Waals surface area contributed by atoms with Crippen molar-refractivity contribution >= 4 is 0 Å². The van der Waals surface area contributed by atoms with Crippen LogP contribution in [0.2, 0.25) is 0 Å². The van der Waals surface area contributed by atoms with Crippen molar-refractivity contribution in [2.75, 3.05) is 27.4 Å². The highest BCUT2D eigenvalue weighted by molar-refractivity contribution is 5.28. The van der Waals surface area contributed by atoms with E-state index >= 15 is 0 Å². The van der Waals surface area contributed by atoms with Crippen molar-refractivity contribution < 1.29 is 28.8 Å².